The Morgan fingerprint density at radius 3 is 1.97 bits per heavy atom. The highest BCUT2D eigenvalue weighted by molar-refractivity contribution is 6.30. The zero-order valence-corrected chi connectivity index (χ0v) is 17.4. The van der Waals surface area contributed by atoms with Gasteiger partial charge in [-0.05, 0) is 28.8 Å². The summed E-state index contributed by atoms with van der Waals surface area (Å²) in [4.78, 5) is 5.12. The van der Waals surface area contributed by atoms with Crippen molar-refractivity contribution in [2.24, 2.45) is 0 Å². The quantitative estimate of drug-likeness (QED) is 0.517. The summed E-state index contributed by atoms with van der Waals surface area (Å²) < 4.78 is 0. The predicted octanol–water partition coefficient (Wildman–Crippen LogP) is 5.76. The Balaban J connectivity index is 1.41. The molecule has 3 heteroatoms. The highest BCUT2D eigenvalue weighted by Crippen LogP contribution is 2.30. The van der Waals surface area contributed by atoms with E-state index in [1.54, 1.807) is 0 Å². The van der Waals surface area contributed by atoms with Crippen molar-refractivity contribution >= 4 is 17.7 Å². The van der Waals surface area contributed by atoms with E-state index < -0.39 is 0 Å². The van der Waals surface area contributed by atoms with Crippen LogP contribution in [0.2, 0.25) is 5.02 Å². The highest BCUT2D eigenvalue weighted by Gasteiger charge is 2.25. The number of hydrogen-bond donors (Lipinski definition) is 0. The molecule has 1 saturated heterocycles. The van der Waals surface area contributed by atoms with Gasteiger partial charge >= 0.3 is 0 Å². The van der Waals surface area contributed by atoms with Crippen molar-refractivity contribution in [2.45, 2.75) is 6.04 Å². The van der Waals surface area contributed by atoms with Gasteiger partial charge in [0.15, 0.2) is 0 Å². The lowest BCUT2D eigenvalue weighted by atomic mass is 9.96. The standard InChI is InChI=1S/C26H27ClN2/c27-25-15-13-24(14-16-25)26(23-11-5-2-6-12-23)29-20-18-28(19-21-29)17-7-10-22-8-3-1-4-9-22/h1-16,26H,17-21H2/b10-7+/t26-/m0/s1. The predicted molar refractivity (Wildman–Crippen MR) is 123 cm³/mol. The number of halogens is 1. The summed E-state index contributed by atoms with van der Waals surface area (Å²) in [6, 6.07) is 29.9. The first-order valence-electron chi connectivity index (χ1n) is 10.3. The molecule has 0 N–H and O–H groups in total. The SMILES string of the molecule is Clc1ccc([C@H](c2ccccc2)N2CCN(C/C=C/c3ccccc3)CC2)cc1. The van der Waals surface area contributed by atoms with E-state index in [-0.39, 0.29) is 6.04 Å². The van der Waals surface area contributed by atoms with Crippen molar-refractivity contribution in [3.05, 3.63) is 113 Å². The van der Waals surface area contributed by atoms with E-state index in [9.17, 15) is 0 Å². The fraction of sp³-hybridized carbons (Fsp3) is 0.231. The fourth-order valence-corrected chi connectivity index (χ4v) is 4.13. The van der Waals surface area contributed by atoms with Crippen LogP contribution in [0.4, 0.5) is 0 Å². The number of rotatable bonds is 6. The van der Waals surface area contributed by atoms with Gasteiger partial charge < -0.3 is 0 Å². The van der Waals surface area contributed by atoms with Gasteiger partial charge in [-0.1, -0.05) is 96.5 Å². The lowest BCUT2D eigenvalue weighted by Crippen LogP contribution is -2.47. The third-order valence-corrected chi connectivity index (χ3v) is 5.80. The monoisotopic (exact) mass is 402 g/mol. The second-order valence-corrected chi connectivity index (χ2v) is 7.95. The van der Waals surface area contributed by atoms with E-state index in [1.807, 2.05) is 12.1 Å². The first-order chi connectivity index (χ1) is 14.3. The lowest BCUT2D eigenvalue weighted by Gasteiger charge is -2.39. The summed E-state index contributed by atoms with van der Waals surface area (Å²) in [5.74, 6) is 0. The fourth-order valence-electron chi connectivity index (χ4n) is 4.00. The van der Waals surface area contributed by atoms with E-state index in [1.165, 1.54) is 16.7 Å². The molecule has 2 nitrogen and oxygen atoms in total. The molecule has 29 heavy (non-hydrogen) atoms. The molecular weight excluding hydrogens is 376 g/mol. The maximum atomic E-state index is 6.13. The van der Waals surface area contributed by atoms with E-state index >= 15 is 0 Å². The summed E-state index contributed by atoms with van der Waals surface area (Å²) in [6.45, 7) is 5.27. The minimum absolute atomic E-state index is 0.274. The molecule has 0 saturated carbocycles. The average Bonchev–Trinajstić information content (AvgIpc) is 2.78. The molecule has 0 bridgehead atoms. The van der Waals surface area contributed by atoms with Crippen LogP contribution in [0.15, 0.2) is 91.0 Å². The molecule has 3 aromatic rings. The zero-order chi connectivity index (χ0) is 19.9. The largest absolute Gasteiger partial charge is 0.297 e. The third kappa shape index (κ3) is 5.36. The normalized spacial score (nSPS) is 16.9. The van der Waals surface area contributed by atoms with Gasteiger partial charge in [-0.3, -0.25) is 9.80 Å². The maximum absolute atomic E-state index is 6.13. The molecule has 0 unspecified atom stereocenters. The van der Waals surface area contributed by atoms with Crippen molar-refractivity contribution < 1.29 is 0 Å². The third-order valence-electron chi connectivity index (χ3n) is 5.55. The van der Waals surface area contributed by atoms with Crippen LogP contribution >= 0.6 is 11.6 Å². The Hall–Kier alpha value is -2.39. The van der Waals surface area contributed by atoms with Crippen LogP contribution in [-0.4, -0.2) is 42.5 Å². The summed E-state index contributed by atoms with van der Waals surface area (Å²) in [6.07, 6.45) is 4.49. The van der Waals surface area contributed by atoms with Gasteiger partial charge in [0.05, 0.1) is 6.04 Å². The minimum atomic E-state index is 0.274. The Bertz CT molecular complexity index is 898. The first kappa shape index (κ1) is 19.9. The molecule has 0 amide bonds. The van der Waals surface area contributed by atoms with Crippen molar-refractivity contribution in [3.8, 4) is 0 Å². The molecule has 0 radical (unpaired) electrons. The van der Waals surface area contributed by atoms with Gasteiger partial charge in [-0.2, -0.15) is 0 Å². The molecule has 0 aromatic heterocycles. The van der Waals surface area contributed by atoms with E-state index in [4.69, 9.17) is 11.6 Å². The molecule has 1 aliphatic rings. The van der Waals surface area contributed by atoms with Gasteiger partial charge in [-0.25, -0.2) is 0 Å². The Morgan fingerprint density at radius 1 is 0.724 bits per heavy atom. The van der Waals surface area contributed by atoms with Crippen molar-refractivity contribution in [2.75, 3.05) is 32.7 Å². The Morgan fingerprint density at radius 2 is 1.31 bits per heavy atom. The van der Waals surface area contributed by atoms with Crippen LogP contribution in [0, 0.1) is 0 Å². The minimum Gasteiger partial charge on any atom is -0.297 e. The molecule has 1 atom stereocenters. The van der Waals surface area contributed by atoms with E-state index in [2.05, 4.69) is 94.7 Å². The summed E-state index contributed by atoms with van der Waals surface area (Å²) in [5.41, 5.74) is 3.91. The van der Waals surface area contributed by atoms with Gasteiger partial charge in [0.25, 0.3) is 0 Å². The summed E-state index contributed by atoms with van der Waals surface area (Å²) >= 11 is 6.13. The van der Waals surface area contributed by atoms with Gasteiger partial charge in [0.2, 0.25) is 0 Å². The summed E-state index contributed by atoms with van der Waals surface area (Å²) in [5, 5.41) is 0.788. The Labute approximate surface area is 179 Å². The van der Waals surface area contributed by atoms with E-state index in [0.717, 1.165) is 37.7 Å². The number of nitrogens with zero attached hydrogens (tertiary/aromatic N) is 2. The van der Waals surface area contributed by atoms with Crippen LogP contribution in [0.5, 0.6) is 0 Å². The molecule has 0 spiro atoms. The molecule has 0 aliphatic carbocycles. The van der Waals surface area contributed by atoms with Crippen LogP contribution in [0.1, 0.15) is 22.7 Å². The second-order valence-electron chi connectivity index (χ2n) is 7.51. The molecular formula is C26H27ClN2. The molecule has 1 fully saturated rings. The molecule has 4 rings (SSSR count). The highest BCUT2D eigenvalue weighted by atomic mass is 35.5. The topological polar surface area (TPSA) is 6.48 Å². The van der Waals surface area contributed by atoms with Crippen molar-refractivity contribution in [1.29, 1.82) is 0 Å². The number of piperazine rings is 1. The maximum Gasteiger partial charge on any atom is 0.0602 e. The van der Waals surface area contributed by atoms with Crippen LogP contribution in [0.25, 0.3) is 6.08 Å². The number of hydrogen-bond acceptors (Lipinski definition) is 2. The van der Waals surface area contributed by atoms with Gasteiger partial charge in [0.1, 0.15) is 0 Å². The molecule has 1 aliphatic heterocycles. The van der Waals surface area contributed by atoms with Crippen LogP contribution < -0.4 is 0 Å². The van der Waals surface area contributed by atoms with Gasteiger partial charge in [0, 0.05) is 37.7 Å². The Kier molecular flexibility index (Phi) is 6.79. The second kappa shape index (κ2) is 9.89. The van der Waals surface area contributed by atoms with Crippen molar-refractivity contribution in [1.82, 2.24) is 9.80 Å². The smallest absolute Gasteiger partial charge is 0.0602 e. The summed E-state index contributed by atoms with van der Waals surface area (Å²) in [7, 11) is 0. The average molecular weight is 403 g/mol. The van der Waals surface area contributed by atoms with Gasteiger partial charge in [-0.15, -0.1) is 0 Å². The van der Waals surface area contributed by atoms with Crippen molar-refractivity contribution in [3.63, 3.8) is 0 Å². The molecule has 148 valence electrons. The zero-order valence-electron chi connectivity index (χ0n) is 16.6. The molecule has 1 heterocycles. The lowest BCUT2D eigenvalue weighted by molar-refractivity contribution is 0.118. The van der Waals surface area contributed by atoms with E-state index in [0.29, 0.717) is 0 Å². The van der Waals surface area contributed by atoms with Crippen LogP contribution in [-0.2, 0) is 0 Å². The van der Waals surface area contributed by atoms with Crippen LogP contribution in [0.3, 0.4) is 0 Å². The molecule has 3 aromatic carbocycles. The first-order valence-corrected chi connectivity index (χ1v) is 10.7. The number of benzene rings is 3.